The number of benzene rings is 1. The van der Waals surface area contributed by atoms with Crippen LogP contribution in [0.5, 0.6) is 5.75 Å². The summed E-state index contributed by atoms with van der Waals surface area (Å²) in [6, 6.07) is 8.66. The van der Waals surface area contributed by atoms with Crippen LogP contribution in [-0.4, -0.2) is 20.2 Å². The minimum Gasteiger partial charge on any atom is -0.497 e. The Bertz CT molecular complexity index is 398. The van der Waals surface area contributed by atoms with Gasteiger partial charge in [-0.1, -0.05) is 32.9 Å². The third-order valence-corrected chi connectivity index (χ3v) is 4.47. The Morgan fingerprint density at radius 3 is 2.53 bits per heavy atom. The van der Waals surface area contributed by atoms with Gasteiger partial charge in [-0.15, -0.1) is 0 Å². The summed E-state index contributed by atoms with van der Waals surface area (Å²) in [4.78, 5) is 0. The molecule has 0 radical (unpaired) electrons. The number of rotatable bonds is 7. The Morgan fingerprint density at radius 1 is 1.32 bits per heavy atom. The van der Waals surface area contributed by atoms with Gasteiger partial charge < -0.3 is 10.1 Å². The van der Waals surface area contributed by atoms with E-state index in [4.69, 9.17) is 4.74 Å². The molecule has 1 aromatic rings. The SMILES string of the molecule is CCC1(c2ccc(OC)cc2)CC1CNCC(C)C. The Kier molecular flexibility index (Phi) is 4.51. The monoisotopic (exact) mass is 261 g/mol. The molecule has 1 N–H and O–H groups in total. The van der Waals surface area contributed by atoms with Crippen LogP contribution in [0.3, 0.4) is 0 Å². The maximum Gasteiger partial charge on any atom is 0.118 e. The molecule has 0 spiro atoms. The molecule has 0 bridgehead atoms. The van der Waals surface area contributed by atoms with E-state index in [2.05, 4.69) is 50.4 Å². The van der Waals surface area contributed by atoms with Crippen LogP contribution in [0, 0.1) is 11.8 Å². The quantitative estimate of drug-likeness (QED) is 0.809. The zero-order chi connectivity index (χ0) is 13.9. The average Bonchev–Trinajstić information content (AvgIpc) is 3.13. The summed E-state index contributed by atoms with van der Waals surface area (Å²) in [5, 5.41) is 3.60. The van der Waals surface area contributed by atoms with Crippen molar-refractivity contribution in [2.75, 3.05) is 20.2 Å². The fourth-order valence-corrected chi connectivity index (χ4v) is 3.11. The summed E-state index contributed by atoms with van der Waals surface area (Å²) >= 11 is 0. The molecule has 0 heterocycles. The largest absolute Gasteiger partial charge is 0.497 e. The molecule has 1 aliphatic carbocycles. The van der Waals surface area contributed by atoms with Crippen LogP contribution in [-0.2, 0) is 5.41 Å². The number of hydrogen-bond donors (Lipinski definition) is 1. The second kappa shape index (κ2) is 5.96. The maximum atomic E-state index is 5.24. The fourth-order valence-electron chi connectivity index (χ4n) is 3.11. The summed E-state index contributed by atoms with van der Waals surface area (Å²) in [7, 11) is 1.72. The number of nitrogens with one attached hydrogen (secondary N) is 1. The minimum absolute atomic E-state index is 0.413. The highest BCUT2D eigenvalue weighted by Crippen LogP contribution is 2.56. The highest BCUT2D eigenvalue weighted by atomic mass is 16.5. The van der Waals surface area contributed by atoms with Crippen molar-refractivity contribution < 1.29 is 4.74 Å². The molecule has 2 nitrogen and oxygen atoms in total. The van der Waals surface area contributed by atoms with Gasteiger partial charge in [-0.25, -0.2) is 0 Å². The van der Waals surface area contributed by atoms with Crippen molar-refractivity contribution in [2.24, 2.45) is 11.8 Å². The number of hydrogen-bond acceptors (Lipinski definition) is 2. The molecule has 0 aromatic heterocycles. The van der Waals surface area contributed by atoms with Gasteiger partial charge >= 0.3 is 0 Å². The van der Waals surface area contributed by atoms with Crippen LogP contribution >= 0.6 is 0 Å². The van der Waals surface area contributed by atoms with E-state index < -0.39 is 0 Å². The van der Waals surface area contributed by atoms with Crippen LogP contribution in [0.2, 0.25) is 0 Å². The second-order valence-corrected chi connectivity index (χ2v) is 6.19. The molecule has 1 fully saturated rings. The lowest BCUT2D eigenvalue weighted by molar-refractivity contribution is 0.414. The summed E-state index contributed by atoms with van der Waals surface area (Å²) in [6.45, 7) is 9.11. The Hall–Kier alpha value is -1.02. The first kappa shape index (κ1) is 14.4. The highest BCUT2D eigenvalue weighted by Gasteiger charge is 2.52. The van der Waals surface area contributed by atoms with Gasteiger partial charge in [-0.2, -0.15) is 0 Å². The molecule has 1 saturated carbocycles. The first-order chi connectivity index (χ1) is 9.12. The van der Waals surface area contributed by atoms with Gasteiger partial charge in [0.1, 0.15) is 5.75 Å². The summed E-state index contributed by atoms with van der Waals surface area (Å²) in [5.74, 6) is 2.48. The van der Waals surface area contributed by atoms with Crippen molar-refractivity contribution in [3.8, 4) is 5.75 Å². The Balaban J connectivity index is 1.96. The molecular weight excluding hydrogens is 234 g/mol. The lowest BCUT2D eigenvalue weighted by Gasteiger charge is -2.17. The first-order valence-electron chi connectivity index (χ1n) is 7.47. The van der Waals surface area contributed by atoms with Gasteiger partial charge in [0.15, 0.2) is 0 Å². The van der Waals surface area contributed by atoms with Gasteiger partial charge in [-0.3, -0.25) is 0 Å². The van der Waals surface area contributed by atoms with E-state index in [0.717, 1.165) is 30.7 Å². The van der Waals surface area contributed by atoms with Crippen molar-refractivity contribution >= 4 is 0 Å². The van der Waals surface area contributed by atoms with Crippen LogP contribution in [0.1, 0.15) is 39.2 Å². The van der Waals surface area contributed by atoms with E-state index in [9.17, 15) is 0 Å². The molecule has 0 aliphatic heterocycles. The second-order valence-electron chi connectivity index (χ2n) is 6.19. The summed E-state index contributed by atoms with van der Waals surface area (Å²) in [6.07, 6.45) is 2.55. The third kappa shape index (κ3) is 3.11. The number of methoxy groups -OCH3 is 1. The van der Waals surface area contributed by atoms with Gasteiger partial charge in [0.05, 0.1) is 7.11 Å². The smallest absolute Gasteiger partial charge is 0.118 e. The van der Waals surface area contributed by atoms with E-state index >= 15 is 0 Å². The highest BCUT2D eigenvalue weighted by molar-refractivity contribution is 5.37. The molecule has 0 amide bonds. The predicted octanol–water partition coefficient (Wildman–Crippen LogP) is 3.61. The van der Waals surface area contributed by atoms with E-state index in [-0.39, 0.29) is 0 Å². The van der Waals surface area contributed by atoms with Gasteiger partial charge in [0, 0.05) is 0 Å². The molecular formula is C17H27NO. The molecule has 1 aliphatic rings. The van der Waals surface area contributed by atoms with Crippen LogP contribution < -0.4 is 10.1 Å². The molecule has 0 saturated heterocycles. The summed E-state index contributed by atoms with van der Waals surface area (Å²) in [5.41, 5.74) is 1.89. The van der Waals surface area contributed by atoms with E-state index in [0.29, 0.717) is 5.41 Å². The molecule has 106 valence electrons. The maximum absolute atomic E-state index is 5.24. The standard InChI is InChI=1S/C17H27NO/c1-5-17(10-15(17)12-18-11-13(2)3)14-6-8-16(19-4)9-7-14/h6-9,13,15,18H,5,10-12H2,1-4H3. The fraction of sp³-hybridized carbons (Fsp3) is 0.647. The van der Waals surface area contributed by atoms with E-state index in [1.807, 2.05) is 0 Å². The predicted molar refractivity (Wildman–Crippen MR) is 80.8 cm³/mol. The van der Waals surface area contributed by atoms with Crippen molar-refractivity contribution in [1.82, 2.24) is 5.32 Å². The Morgan fingerprint density at radius 2 is 2.00 bits per heavy atom. The normalized spacial score (nSPS) is 25.6. The third-order valence-electron chi connectivity index (χ3n) is 4.47. The molecule has 19 heavy (non-hydrogen) atoms. The number of ether oxygens (including phenoxy) is 1. The van der Waals surface area contributed by atoms with Crippen LogP contribution in [0.25, 0.3) is 0 Å². The van der Waals surface area contributed by atoms with Crippen LogP contribution in [0.15, 0.2) is 24.3 Å². The molecule has 2 rings (SSSR count). The van der Waals surface area contributed by atoms with Crippen molar-refractivity contribution in [1.29, 1.82) is 0 Å². The summed E-state index contributed by atoms with van der Waals surface area (Å²) < 4.78 is 5.24. The minimum atomic E-state index is 0.413. The first-order valence-corrected chi connectivity index (χ1v) is 7.47. The molecule has 2 heteroatoms. The zero-order valence-corrected chi connectivity index (χ0v) is 12.7. The van der Waals surface area contributed by atoms with Crippen molar-refractivity contribution in [2.45, 2.75) is 39.0 Å². The van der Waals surface area contributed by atoms with Crippen molar-refractivity contribution in [3.63, 3.8) is 0 Å². The van der Waals surface area contributed by atoms with Crippen molar-refractivity contribution in [3.05, 3.63) is 29.8 Å². The molecule has 1 aromatic carbocycles. The molecule has 2 unspecified atom stereocenters. The van der Waals surface area contributed by atoms with Gasteiger partial charge in [0.25, 0.3) is 0 Å². The lowest BCUT2D eigenvalue weighted by Crippen LogP contribution is -2.24. The lowest BCUT2D eigenvalue weighted by atomic mass is 9.90. The van der Waals surface area contributed by atoms with E-state index in [1.165, 1.54) is 18.4 Å². The average molecular weight is 261 g/mol. The molecule has 2 atom stereocenters. The van der Waals surface area contributed by atoms with E-state index in [1.54, 1.807) is 7.11 Å². The van der Waals surface area contributed by atoms with Crippen LogP contribution in [0.4, 0.5) is 0 Å². The van der Waals surface area contributed by atoms with Gasteiger partial charge in [0.2, 0.25) is 0 Å². The zero-order valence-electron chi connectivity index (χ0n) is 12.7. The Labute approximate surface area is 117 Å². The van der Waals surface area contributed by atoms with Gasteiger partial charge in [-0.05, 0) is 60.9 Å². The topological polar surface area (TPSA) is 21.3 Å².